The molecule has 0 atom stereocenters. The maximum Gasteiger partial charge on any atom is 0.130 e. The smallest absolute Gasteiger partial charge is 0.130 e. The van der Waals surface area contributed by atoms with Gasteiger partial charge in [-0.25, -0.2) is 9.97 Å². The van der Waals surface area contributed by atoms with Crippen LogP contribution in [0.15, 0.2) is 17.4 Å². The minimum Gasteiger partial charge on any atom is -0.369 e. The van der Waals surface area contributed by atoms with Crippen LogP contribution in [0.2, 0.25) is 0 Å². The van der Waals surface area contributed by atoms with E-state index >= 15 is 0 Å². The van der Waals surface area contributed by atoms with Crippen molar-refractivity contribution in [3.63, 3.8) is 0 Å². The van der Waals surface area contributed by atoms with Crippen LogP contribution in [0.3, 0.4) is 0 Å². The highest BCUT2D eigenvalue weighted by Crippen LogP contribution is 2.28. The van der Waals surface area contributed by atoms with Crippen LogP contribution >= 0.6 is 23.4 Å². The lowest BCUT2D eigenvalue weighted by Crippen LogP contribution is -2.30. The van der Waals surface area contributed by atoms with Crippen molar-refractivity contribution in [2.24, 2.45) is 5.41 Å². The molecule has 1 heterocycles. The van der Waals surface area contributed by atoms with Gasteiger partial charge in [-0.1, -0.05) is 13.8 Å². The Morgan fingerprint density at radius 2 is 2.06 bits per heavy atom. The van der Waals surface area contributed by atoms with Crippen molar-refractivity contribution in [2.45, 2.75) is 31.7 Å². The third-order valence-electron chi connectivity index (χ3n) is 3.28. The quantitative estimate of drug-likeness (QED) is 0.467. The fourth-order valence-electron chi connectivity index (χ4n) is 1.56. The summed E-state index contributed by atoms with van der Waals surface area (Å²) < 4.78 is 0. The maximum atomic E-state index is 6.07. The molecule has 96 valence electrons. The van der Waals surface area contributed by atoms with Gasteiger partial charge in [-0.15, -0.1) is 23.4 Å². The van der Waals surface area contributed by atoms with Gasteiger partial charge in [0.1, 0.15) is 17.2 Å². The summed E-state index contributed by atoms with van der Waals surface area (Å²) in [6.07, 6.45) is 5.74. The molecule has 1 rings (SSSR count). The second-order valence-electron chi connectivity index (χ2n) is 4.14. The van der Waals surface area contributed by atoms with E-state index in [0.29, 0.717) is 5.88 Å². The summed E-state index contributed by atoms with van der Waals surface area (Å²) in [5.41, 5.74) is 0.159. The molecule has 0 aliphatic heterocycles. The zero-order chi connectivity index (χ0) is 12.7. The number of aromatic nitrogens is 2. The van der Waals surface area contributed by atoms with Crippen molar-refractivity contribution in [3.05, 3.63) is 12.4 Å². The van der Waals surface area contributed by atoms with Gasteiger partial charge in [-0.05, 0) is 19.1 Å². The summed E-state index contributed by atoms with van der Waals surface area (Å²) in [5.74, 6) is 1.55. The third-order valence-corrected chi connectivity index (χ3v) is 4.49. The van der Waals surface area contributed by atoms with Gasteiger partial charge in [-0.2, -0.15) is 0 Å². The molecule has 1 aromatic rings. The largest absolute Gasteiger partial charge is 0.369 e. The van der Waals surface area contributed by atoms with E-state index in [4.69, 9.17) is 11.6 Å². The highest BCUT2D eigenvalue weighted by molar-refractivity contribution is 7.98. The number of thioether (sulfide) groups is 1. The highest BCUT2D eigenvalue weighted by Gasteiger charge is 2.24. The van der Waals surface area contributed by atoms with Crippen LogP contribution in [-0.2, 0) is 0 Å². The van der Waals surface area contributed by atoms with Crippen molar-refractivity contribution < 1.29 is 0 Å². The number of halogens is 1. The molecular formula is C12H20ClN3S. The molecule has 0 bridgehead atoms. The molecule has 5 heteroatoms. The predicted octanol–water partition coefficient (Wildman–Crippen LogP) is 3.66. The van der Waals surface area contributed by atoms with E-state index in [2.05, 4.69) is 29.1 Å². The van der Waals surface area contributed by atoms with Gasteiger partial charge in [0.05, 0.1) is 0 Å². The number of hydrogen-bond donors (Lipinski definition) is 1. The molecule has 0 radical (unpaired) electrons. The zero-order valence-corrected chi connectivity index (χ0v) is 12.2. The number of nitrogens with zero attached hydrogens (tertiary/aromatic N) is 2. The Hall–Kier alpha value is -0.480. The van der Waals surface area contributed by atoms with Gasteiger partial charge in [0.25, 0.3) is 0 Å². The topological polar surface area (TPSA) is 37.8 Å². The molecule has 0 amide bonds. The molecule has 0 saturated carbocycles. The highest BCUT2D eigenvalue weighted by atomic mass is 35.5. The Labute approximate surface area is 113 Å². The Morgan fingerprint density at radius 3 is 2.59 bits per heavy atom. The zero-order valence-electron chi connectivity index (χ0n) is 10.7. The molecule has 1 N–H and O–H groups in total. The fraction of sp³-hybridized carbons (Fsp3) is 0.667. The van der Waals surface area contributed by atoms with Gasteiger partial charge >= 0.3 is 0 Å². The fourth-order valence-corrected chi connectivity index (χ4v) is 2.42. The van der Waals surface area contributed by atoms with Crippen molar-refractivity contribution in [3.8, 4) is 0 Å². The van der Waals surface area contributed by atoms with Crippen molar-refractivity contribution in [2.75, 3.05) is 24.0 Å². The Balaban J connectivity index is 2.65. The molecule has 3 nitrogen and oxygen atoms in total. The maximum absolute atomic E-state index is 6.07. The standard InChI is InChI=1S/C12H20ClN3S/c1-4-12(5-2,7-13)8-14-10-6-11(17-3)16-9-15-10/h6,9H,4-5,7-8H2,1-3H3,(H,14,15,16). The first kappa shape index (κ1) is 14.6. The first-order valence-electron chi connectivity index (χ1n) is 5.85. The summed E-state index contributed by atoms with van der Waals surface area (Å²) in [5, 5.41) is 4.34. The van der Waals surface area contributed by atoms with Gasteiger partial charge in [0.15, 0.2) is 0 Å². The van der Waals surface area contributed by atoms with E-state index in [1.807, 2.05) is 12.3 Å². The van der Waals surface area contributed by atoms with E-state index in [1.165, 1.54) is 0 Å². The van der Waals surface area contributed by atoms with Crippen LogP contribution in [0, 0.1) is 5.41 Å². The van der Waals surface area contributed by atoms with E-state index in [9.17, 15) is 0 Å². The molecule has 0 aliphatic carbocycles. The lowest BCUT2D eigenvalue weighted by atomic mass is 9.84. The minimum absolute atomic E-state index is 0.159. The number of rotatable bonds is 7. The minimum atomic E-state index is 0.159. The van der Waals surface area contributed by atoms with Crippen LogP contribution < -0.4 is 5.32 Å². The van der Waals surface area contributed by atoms with Crippen LogP contribution in [0.5, 0.6) is 0 Å². The van der Waals surface area contributed by atoms with E-state index < -0.39 is 0 Å². The first-order valence-corrected chi connectivity index (χ1v) is 7.61. The molecule has 0 saturated heterocycles. The van der Waals surface area contributed by atoms with Crippen LogP contribution in [0.1, 0.15) is 26.7 Å². The summed E-state index contributed by atoms with van der Waals surface area (Å²) in [6, 6.07) is 1.97. The molecule has 0 fully saturated rings. The van der Waals surface area contributed by atoms with Crippen LogP contribution in [0.4, 0.5) is 5.82 Å². The molecule has 0 aromatic carbocycles. The second kappa shape index (κ2) is 7.07. The van der Waals surface area contributed by atoms with Crippen LogP contribution in [0.25, 0.3) is 0 Å². The second-order valence-corrected chi connectivity index (χ2v) is 5.23. The van der Waals surface area contributed by atoms with Gasteiger partial charge in [0.2, 0.25) is 0 Å². The summed E-state index contributed by atoms with van der Waals surface area (Å²) in [6.45, 7) is 5.22. The Kier molecular flexibility index (Phi) is 6.06. The predicted molar refractivity (Wildman–Crippen MR) is 76.0 cm³/mol. The molecule has 0 unspecified atom stereocenters. The Morgan fingerprint density at radius 1 is 1.35 bits per heavy atom. The number of hydrogen-bond acceptors (Lipinski definition) is 4. The normalized spacial score (nSPS) is 11.5. The van der Waals surface area contributed by atoms with Gasteiger partial charge in [0, 0.05) is 23.9 Å². The summed E-state index contributed by atoms with van der Waals surface area (Å²) >= 11 is 7.69. The van der Waals surface area contributed by atoms with Gasteiger partial charge in [-0.3, -0.25) is 0 Å². The average molecular weight is 274 g/mol. The van der Waals surface area contributed by atoms with Crippen molar-refractivity contribution >= 4 is 29.2 Å². The molecule has 0 spiro atoms. The van der Waals surface area contributed by atoms with E-state index in [-0.39, 0.29) is 5.41 Å². The molecular weight excluding hydrogens is 254 g/mol. The lowest BCUT2D eigenvalue weighted by Gasteiger charge is -2.29. The third kappa shape index (κ3) is 4.03. The number of nitrogens with one attached hydrogen (secondary N) is 1. The van der Waals surface area contributed by atoms with Crippen LogP contribution in [-0.4, -0.2) is 28.6 Å². The van der Waals surface area contributed by atoms with E-state index in [0.717, 1.165) is 30.2 Å². The number of anilines is 1. The molecule has 0 aliphatic rings. The molecule has 1 aromatic heterocycles. The van der Waals surface area contributed by atoms with Gasteiger partial charge < -0.3 is 5.32 Å². The monoisotopic (exact) mass is 273 g/mol. The first-order chi connectivity index (χ1) is 8.19. The lowest BCUT2D eigenvalue weighted by molar-refractivity contribution is 0.326. The summed E-state index contributed by atoms with van der Waals surface area (Å²) in [7, 11) is 0. The van der Waals surface area contributed by atoms with Crippen molar-refractivity contribution in [1.29, 1.82) is 0 Å². The Bertz CT molecular complexity index is 334. The SMILES string of the molecule is CCC(CC)(CCl)CNc1cc(SC)ncn1. The van der Waals surface area contributed by atoms with Crippen molar-refractivity contribution in [1.82, 2.24) is 9.97 Å². The number of alkyl halides is 1. The molecule has 17 heavy (non-hydrogen) atoms. The van der Waals surface area contributed by atoms with E-state index in [1.54, 1.807) is 18.1 Å². The summed E-state index contributed by atoms with van der Waals surface area (Å²) in [4.78, 5) is 8.36. The average Bonchev–Trinajstić information content (AvgIpc) is 2.41.